The Morgan fingerprint density at radius 2 is 1.89 bits per heavy atom. The zero-order valence-electron chi connectivity index (χ0n) is 5.90. The van der Waals surface area contributed by atoms with Gasteiger partial charge in [-0.25, -0.2) is 0 Å². The maximum absolute atomic E-state index is 1.57. The van der Waals surface area contributed by atoms with Crippen LogP contribution in [-0.4, -0.2) is 11.8 Å². The van der Waals surface area contributed by atoms with Gasteiger partial charge in [0.25, 0.3) is 0 Å². The van der Waals surface area contributed by atoms with Crippen molar-refractivity contribution >= 4 is 8.58 Å². The number of hydrogen-bond acceptors (Lipinski definition) is 0. The van der Waals surface area contributed by atoms with E-state index in [0.717, 1.165) is 0 Å². The molecule has 3 atom stereocenters. The Hall–Kier alpha value is 0.430. The van der Waals surface area contributed by atoms with E-state index in [1.54, 1.807) is 38.3 Å². The van der Waals surface area contributed by atoms with Gasteiger partial charge in [0.15, 0.2) is 0 Å². The van der Waals surface area contributed by atoms with Crippen LogP contribution in [0.1, 0.15) is 32.1 Å². The van der Waals surface area contributed by atoms with Gasteiger partial charge in [0.2, 0.25) is 0 Å². The molecule has 0 N–H and O–H groups in total. The van der Waals surface area contributed by atoms with Crippen LogP contribution in [0.2, 0.25) is 0 Å². The molecule has 0 aromatic rings. The van der Waals surface area contributed by atoms with Gasteiger partial charge in [0.05, 0.1) is 0 Å². The molecule has 1 aliphatic heterocycles. The SMILES string of the molecule is C1CPC2CCCC2C1. The second-order valence-electron chi connectivity index (χ2n) is 3.39. The minimum atomic E-state index is 1.18. The van der Waals surface area contributed by atoms with E-state index in [9.17, 15) is 0 Å². The Bertz CT molecular complexity index is 88.7. The Morgan fingerprint density at radius 1 is 1.00 bits per heavy atom. The summed E-state index contributed by atoms with van der Waals surface area (Å²) in [5.74, 6) is 1.18. The zero-order chi connectivity index (χ0) is 6.10. The molecule has 0 radical (unpaired) electrons. The Labute approximate surface area is 59.2 Å². The van der Waals surface area contributed by atoms with Crippen molar-refractivity contribution in [1.29, 1.82) is 0 Å². The molecule has 1 heteroatoms. The van der Waals surface area contributed by atoms with Gasteiger partial charge in [-0.2, -0.15) is 0 Å². The van der Waals surface area contributed by atoms with Crippen LogP contribution >= 0.6 is 8.58 Å². The molecule has 0 nitrogen and oxygen atoms in total. The average Bonchev–Trinajstić information content (AvgIpc) is 2.33. The largest absolute Gasteiger partial charge is 0.119 e. The number of rotatable bonds is 0. The van der Waals surface area contributed by atoms with Crippen LogP contribution in [0.25, 0.3) is 0 Å². The number of fused-ring (bicyclic) bond motifs is 1. The van der Waals surface area contributed by atoms with Crippen LogP contribution in [0.5, 0.6) is 0 Å². The van der Waals surface area contributed by atoms with Crippen molar-refractivity contribution in [3.05, 3.63) is 0 Å². The predicted molar refractivity (Wildman–Crippen MR) is 43.5 cm³/mol. The summed E-state index contributed by atoms with van der Waals surface area (Å²) in [6.45, 7) is 0. The minimum absolute atomic E-state index is 1.18. The molecule has 1 heterocycles. The van der Waals surface area contributed by atoms with E-state index in [1.807, 2.05) is 0 Å². The van der Waals surface area contributed by atoms with Gasteiger partial charge in [0, 0.05) is 0 Å². The van der Waals surface area contributed by atoms with E-state index >= 15 is 0 Å². The monoisotopic (exact) mass is 142 g/mol. The first-order valence-electron chi connectivity index (χ1n) is 4.20. The maximum atomic E-state index is 1.57. The second-order valence-corrected chi connectivity index (χ2v) is 5.04. The van der Waals surface area contributed by atoms with E-state index in [2.05, 4.69) is 0 Å². The summed E-state index contributed by atoms with van der Waals surface area (Å²) in [6.07, 6.45) is 9.35. The smallest absolute Gasteiger partial charge is 0.0208 e. The third-order valence-electron chi connectivity index (χ3n) is 2.82. The van der Waals surface area contributed by atoms with Crippen molar-refractivity contribution in [2.75, 3.05) is 6.16 Å². The molecule has 0 spiro atoms. The predicted octanol–water partition coefficient (Wildman–Crippen LogP) is 2.63. The second kappa shape index (κ2) is 2.58. The molecule has 2 rings (SSSR count). The van der Waals surface area contributed by atoms with Gasteiger partial charge in [-0.1, -0.05) is 6.42 Å². The van der Waals surface area contributed by atoms with Crippen LogP contribution in [0.3, 0.4) is 0 Å². The lowest BCUT2D eigenvalue weighted by molar-refractivity contribution is 0.490. The first-order valence-corrected chi connectivity index (χ1v) is 5.48. The van der Waals surface area contributed by atoms with Crippen molar-refractivity contribution in [2.45, 2.75) is 37.8 Å². The molecule has 1 aliphatic carbocycles. The molecular formula is C8H15P. The number of hydrogen-bond donors (Lipinski definition) is 0. The van der Waals surface area contributed by atoms with Gasteiger partial charge in [-0.3, -0.25) is 0 Å². The highest BCUT2D eigenvalue weighted by Gasteiger charge is 2.28. The maximum Gasteiger partial charge on any atom is -0.0208 e. The van der Waals surface area contributed by atoms with Crippen molar-refractivity contribution in [3.63, 3.8) is 0 Å². The summed E-state index contributed by atoms with van der Waals surface area (Å²) in [7, 11) is 1.34. The third-order valence-corrected chi connectivity index (χ3v) is 4.74. The van der Waals surface area contributed by atoms with Gasteiger partial charge in [0.1, 0.15) is 0 Å². The van der Waals surface area contributed by atoms with E-state index in [0.29, 0.717) is 0 Å². The van der Waals surface area contributed by atoms with Crippen molar-refractivity contribution in [3.8, 4) is 0 Å². The molecule has 2 aliphatic rings. The quantitative estimate of drug-likeness (QED) is 0.456. The highest BCUT2D eigenvalue weighted by Crippen LogP contribution is 2.45. The lowest BCUT2D eigenvalue weighted by Crippen LogP contribution is -2.13. The normalized spacial score (nSPS) is 45.3. The summed E-state index contributed by atoms with van der Waals surface area (Å²) in [5, 5.41) is 0. The molecular weight excluding hydrogens is 127 g/mol. The van der Waals surface area contributed by atoms with E-state index < -0.39 is 0 Å². The van der Waals surface area contributed by atoms with Gasteiger partial charge < -0.3 is 0 Å². The molecule has 2 fully saturated rings. The fourth-order valence-electron chi connectivity index (χ4n) is 2.30. The lowest BCUT2D eigenvalue weighted by atomic mass is 10.0. The Morgan fingerprint density at radius 3 is 2.78 bits per heavy atom. The van der Waals surface area contributed by atoms with Crippen LogP contribution < -0.4 is 0 Å². The van der Waals surface area contributed by atoms with E-state index in [-0.39, 0.29) is 0 Å². The fraction of sp³-hybridized carbons (Fsp3) is 1.00. The van der Waals surface area contributed by atoms with Crippen molar-refractivity contribution in [2.24, 2.45) is 5.92 Å². The van der Waals surface area contributed by atoms with E-state index in [1.165, 1.54) is 20.2 Å². The summed E-state index contributed by atoms with van der Waals surface area (Å²) >= 11 is 0. The third kappa shape index (κ3) is 1.15. The van der Waals surface area contributed by atoms with Gasteiger partial charge >= 0.3 is 0 Å². The lowest BCUT2D eigenvalue weighted by Gasteiger charge is -2.24. The Kier molecular flexibility index (Phi) is 1.77. The summed E-state index contributed by atoms with van der Waals surface area (Å²) in [4.78, 5) is 0. The highest BCUT2D eigenvalue weighted by atomic mass is 31.1. The molecule has 0 amide bonds. The molecule has 9 heavy (non-hydrogen) atoms. The van der Waals surface area contributed by atoms with Crippen LogP contribution in [0.4, 0.5) is 0 Å². The molecule has 0 bridgehead atoms. The van der Waals surface area contributed by atoms with E-state index in [4.69, 9.17) is 0 Å². The van der Waals surface area contributed by atoms with Crippen molar-refractivity contribution in [1.82, 2.24) is 0 Å². The zero-order valence-corrected chi connectivity index (χ0v) is 6.90. The summed E-state index contributed by atoms with van der Waals surface area (Å²) in [5.41, 5.74) is 1.19. The molecule has 52 valence electrons. The molecule has 0 aromatic heterocycles. The van der Waals surface area contributed by atoms with Gasteiger partial charge in [-0.05, 0) is 43.4 Å². The minimum Gasteiger partial charge on any atom is -0.119 e. The van der Waals surface area contributed by atoms with Crippen molar-refractivity contribution < 1.29 is 0 Å². The molecule has 0 aromatic carbocycles. The topological polar surface area (TPSA) is 0 Å². The molecule has 1 saturated carbocycles. The fourth-order valence-corrected chi connectivity index (χ4v) is 4.16. The molecule has 1 saturated heterocycles. The highest BCUT2D eigenvalue weighted by molar-refractivity contribution is 7.39. The van der Waals surface area contributed by atoms with Gasteiger partial charge in [-0.15, -0.1) is 8.58 Å². The Balaban J connectivity index is 1.97. The average molecular weight is 142 g/mol. The molecule has 3 unspecified atom stereocenters. The summed E-state index contributed by atoms with van der Waals surface area (Å²) < 4.78 is 0. The first kappa shape index (κ1) is 6.16. The van der Waals surface area contributed by atoms with Crippen LogP contribution in [-0.2, 0) is 0 Å². The first-order chi connectivity index (χ1) is 4.47. The van der Waals surface area contributed by atoms with Crippen LogP contribution in [0.15, 0.2) is 0 Å². The standard InChI is InChI=1S/C8H15P/c1-3-7-4-2-6-9-8(7)5-1/h7-9H,1-6H2. The summed E-state index contributed by atoms with van der Waals surface area (Å²) in [6, 6.07) is 0. The van der Waals surface area contributed by atoms with Crippen LogP contribution in [0, 0.1) is 5.92 Å².